The minimum atomic E-state index is -0.165. The number of hydrogen-bond donors (Lipinski definition) is 1. The molecule has 2 aliphatic heterocycles. The van der Waals surface area contributed by atoms with Gasteiger partial charge in [0.25, 0.3) is 5.56 Å². The van der Waals surface area contributed by atoms with Crippen LogP contribution in [0.1, 0.15) is 67.9 Å². The smallest absolute Gasteiger partial charge is 0.271 e. The van der Waals surface area contributed by atoms with Gasteiger partial charge in [0.05, 0.1) is 29.0 Å². The summed E-state index contributed by atoms with van der Waals surface area (Å²) in [6.45, 7) is 2.18. The van der Waals surface area contributed by atoms with Crippen molar-refractivity contribution in [2.24, 2.45) is 4.99 Å². The number of fused-ring (bicyclic) bond motifs is 2. The van der Waals surface area contributed by atoms with Crippen molar-refractivity contribution in [2.75, 3.05) is 13.9 Å². The van der Waals surface area contributed by atoms with Gasteiger partial charge >= 0.3 is 0 Å². The molecule has 0 spiro atoms. The second-order valence-corrected chi connectivity index (χ2v) is 9.08. The molecule has 7 nitrogen and oxygen atoms in total. The Kier molecular flexibility index (Phi) is 4.81. The van der Waals surface area contributed by atoms with E-state index in [1.807, 2.05) is 23.7 Å². The number of H-pyrrole nitrogens is 1. The van der Waals surface area contributed by atoms with E-state index in [0.29, 0.717) is 28.9 Å². The maximum absolute atomic E-state index is 13.0. The monoisotopic (exact) mass is 415 g/mol. The molecule has 0 saturated heterocycles. The minimum Gasteiger partial charge on any atom is -0.493 e. The highest BCUT2D eigenvalue weighted by Crippen LogP contribution is 2.49. The molecule has 1 fully saturated rings. The Labute approximate surface area is 173 Å². The summed E-state index contributed by atoms with van der Waals surface area (Å²) < 4.78 is 18.7. The summed E-state index contributed by atoms with van der Waals surface area (Å²) in [4.78, 5) is 17.8. The predicted molar refractivity (Wildman–Crippen MR) is 113 cm³/mol. The average molecular weight is 416 g/mol. The molecule has 1 N–H and O–H groups in total. The standard InChI is InChI=1S/C21H25N3O4S/c1-12-22-20-17(21(25)23-24(20)14-7-5-3-4-6-8-14)19(29-12)13-9-15(26-2)18-16(10-13)27-11-28-18/h9-10,14,19H,3-8,11H2,1-2H3,(H,23,25)/t19-/m1/s1. The molecule has 3 aliphatic rings. The summed E-state index contributed by atoms with van der Waals surface area (Å²) in [5.74, 6) is 2.67. The van der Waals surface area contributed by atoms with Gasteiger partial charge in [0.15, 0.2) is 17.3 Å². The topological polar surface area (TPSA) is 77.8 Å². The van der Waals surface area contributed by atoms with E-state index in [4.69, 9.17) is 19.2 Å². The van der Waals surface area contributed by atoms with Crippen LogP contribution in [0.15, 0.2) is 21.9 Å². The zero-order valence-corrected chi connectivity index (χ0v) is 17.5. The van der Waals surface area contributed by atoms with Gasteiger partial charge in [-0.05, 0) is 37.5 Å². The van der Waals surface area contributed by atoms with Crippen LogP contribution >= 0.6 is 11.8 Å². The maximum atomic E-state index is 13.0. The van der Waals surface area contributed by atoms with Gasteiger partial charge in [0.1, 0.15) is 0 Å². The van der Waals surface area contributed by atoms with Crippen molar-refractivity contribution in [1.29, 1.82) is 0 Å². The lowest BCUT2D eigenvalue weighted by Gasteiger charge is -2.23. The van der Waals surface area contributed by atoms with Gasteiger partial charge in [0, 0.05) is 0 Å². The molecule has 29 heavy (non-hydrogen) atoms. The number of ether oxygens (including phenoxy) is 3. The van der Waals surface area contributed by atoms with Crippen LogP contribution in [0.3, 0.4) is 0 Å². The Bertz CT molecular complexity index is 1020. The summed E-state index contributed by atoms with van der Waals surface area (Å²) >= 11 is 1.59. The molecule has 1 aliphatic carbocycles. The maximum Gasteiger partial charge on any atom is 0.271 e. The Morgan fingerprint density at radius 2 is 2.00 bits per heavy atom. The molecule has 154 valence electrons. The fraction of sp³-hybridized carbons (Fsp3) is 0.524. The van der Waals surface area contributed by atoms with Crippen LogP contribution < -0.4 is 19.8 Å². The van der Waals surface area contributed by atoms with E-state index in [0.717, 1.165) is 29.3 Å². The third kappa shape index (κ3) is 3.23. The first-order valence-electron chi connectivity index (χ1n) is 10.2. The zero-order valence-electron chi connectivity index (χ0n) is 16.7. The van der Waals surface area contributed by atoms with Crippen molar-refractivity contribution in [3.63, 3.8) is 0 Å². The number of benzene rings is 1. The van der Waals surface area contributed by atoms with E-state index in [9.17, 15) is 4.79 Å². The molecule has 5 rings (SSSR count). The Hall–Kier alpha value is -2.35. The Morgan fingerprint density at radius 3 is 2.76 bits per heavy atom. The molecule has 1 atom stereocenters. The Balaban J connectivity index is 1.60. The van der Waals surface area contributed by atoms with Crippen LogP contribution in [0, 0.1) is 0 Å². The zero-order chi connectivity index (χ0) is 20.0. The first-order chi connectivity index (χ1) is 14.2. The van der Waals surface area contributed by atoms with Crippen LogP contribution in [0.5, 0.6) is 17.2 Å². The highest BCUT2D eigenvalue weighted by molar-refractivity contribution is 8.14. The lowest BCUT2D eigenvalue weighted by atomic mass is 10.0. The number of hydrogen-bond acceptors (Lipinski definition) is 6. The number of nitrogens with zero attached hydrogens (tertiary/aromatic N) is 2. The number of aromatic nitrogens is 2. The normalized spacial score (nSPS) is 21.4. The van der Waals surface area contributed by atoms with Crippen LogP contribution in [-0.2, 0) is 0 Å². The second kappa shape index (κ2) is 7.48. The van der Waals surface area contributed by atoms with Crippen LogP contribution in [0.25, 0.3) is 0 Å². The summed E-state index contributed by atoms with van der Waals surface area (Å²) in [7, 11) is 1.61. The number of aromatic amines is 1. The molecule has 1 saturated carbocycles. The summed E-state index contributed by atoms with van der Waals surface area (Å²) in [5.41, 5.74) is 1.61. The van der Waals surface area contributed by atoms with E-state index >= 15 is 0 Å². The molecular weight excluding hydrogens is 390 g/mol. The molecule has 1 aromatic carbocycles. The van der Waals surface area contributed by atoms with Crippen molar-refractivity contribution in [3.05, 3.63) is 33.6 Å². The van der Waals surface area contributed by atoms with Crippen molar-refractivity contribution >= 4 is 22.6 Å². The molecule has 1 aromatic heterocycles. The summed E-state index contributed by atoms with van der Waals surface area (Å²) in [6, 6.07) is 4.20. The van der Waals surface area contributed by atoms with E-state index in [1.54, 1.807) is 18.9 Å². The van der Waals surface area contributed by atoms with Gasteiger partial charge in [0.2, 0.25) is 12.5 Å². The highest BCUT2D eigenvalue weighted by atomic mass is 32.2. The fourth-order valence-corrected chi connectivity index (χ4v) is 5.61. The predicted octanol–water partition coefficient (Wildman–Crippen LogP) is 4.70. The molecule has 0 unspecified atom stereocenters. The first-order valence-corrected chi connectivity index (χ1v) is 11.1. The summed E-state index contributed by atoms with van der Waals surface area (Å²) in [5, 5.41) is 3.89. The van der Waals surface area contributed by atoms with Crippen molar-refractivity contribution < 1.29 is 14.2 Å². The van der Waals surface area contributed by atoms with Gasteiger partial charge < -0.3 is 14.2 Å². The van der Waals surface area contributed by atoms with Crippen LogP contribution in [-0.4, -0.2) is 28.7 Å². The van der Waals surface area contributed by atoms with Crippen molar-refractivity contribution in [3.8, 4) is 17.2 Å². The lowest BCUT2D eigenvalue weighted by molar-refractivity contribution is 0.171. The molecule has 2 aromatic rings. The molecule has 0 amide bonds. The average Bonchev–Trinajstić information content (AvgIpc) is 3.21. The SMILES string of the molecule is COc1cc([C@H]2SC(C)=Nc3c2c(=O)[nH]n3C2CCCCCC2)cc2c1OCO2. The van der Waals surface area contributed by atoms with Gasteiger partial charge in [-0.25, -0.2) is 4.99 Å². The number of aliphatic imine (C=N–C) groups is 1. The van der Waals surface area contributed by atoms with Gasteiger partial charge in [-0.15, -0.1) is 0 Å². The highest BCUT2D eigenvalue weighted by Gasteiger charge is 2.34. The van der Waals surface area contributed by atoms with Gasteiger partial charge in [-0.2, -0.15) is 0 Å². The lowest BCUT2D eigenvalue weighted by Crippen LogP contribution is -2.14. The van der Waals surface area contributed by atoms with Crippen molar-refractivity contribution in [2.45, 2.75) is 56.7 Å². The van der Waals surface area contributed by atoms with Crippen molar-refractivity contribution in [1.82, 2.24) is 9.78 Å². The van der Waals surface area contributed by atoms with E-state index in [-0.39, 0.29) is 17.6 Å². The minimum absolute atomic E-state index is 0.0605. The van der Waals surface area contributed by atoms with Crippen LogP contribution in [0.2, 0.25) is 0 Å². The molecule has 0 radical (unpaired) electrons. The first kappa shape index (κ1) is 18.7. The molecule has 0 bridgehead atoms. The van der Waals surface area contributed by atoms with E-state index in [2.05, 4.69) is 5.10 Å². The molecule has 8 heteroatoms. The fourth-order valence-electron chi connectivity index (χ4n) is 4.53. The van der Waals surface area contributed by atoms with E-state index in [1.165, 1.54) is 25.7 Å². The molecular formula is C21H25N3O4S. The largest absolute Gasteiger partial charge is 0.493 e. The van der Waals surface area contributed by atoms with E-state index < -0.39 is 0 Å². The third-order valence-electron chi connectivity index (χ3n) is 5.92. The van der Waals surface area contributed by atoms with Gasteiger partial charge in [-0.3, -0.25) is 14.6 Å². The number of thioether (sulfide) groups is 1. The van der Waals surface area contributed by atoms with Gasteiger partial charge in [-0.1, -0.05) is 37.4 Å². The quantitative estimate of drug-likeness (QED) is 0.736. The number of nitrogens with one attached hydrogen (secondary N) is 1. The van der Waals surface area contributed by atoms with Crippen LogP contribution in [0.4, 0.5) is 5.82 Å². The Morgan fingerprint density at radius 1 is 1.21 bits per heavy atom. The number of rotatable bonds is 3. The molecule has 3 heterocycles. The third-order valence-corrected chi connectivity index (χ3v) is 7.10. The number of methoxy groups -OCH3 is 1. The summed E-state index contributed by atoms with van der Waals surface area (Å²) in [6.07, 6.45) is 7.09. The second-order valence-electron chi connectivity index (χ2n) is 7.78.